The maximum absolute atomic E-state index is 6.52. The van der Waals surface area contributed by atoms with Gasteiger partial charge in [-0.3, -0.25) is 0 Å². The maximum atomic E-state index is 6.52. The largest absolute Gasteiger partial charge is 0.493 e. The van der Waals surface area contributed by atoms with Crippen molar-refractivity contribution in [2.24, 2.45) is 0 Å². The predicted octanol–water partition coefficient (Wildman–Crippen LogP) is 7.43. The van der Waals surface area contributed by atoms with Crippen LogP contribution in [-0.2, 0) is 13.0 Å². The van der Waals surface area contributed by atoms with Crippen molar-refractivity contribution in [1.82, 2.24) is 25.2 Å². The summed E-state index contributed by atoms with van der Waals surface area (Å²) in [6.45, 7) is 3.52. The number of hydrogen-bond donors (Lipinski definition) is 1. The summed E-state index contributed by atoms with van der Waals surface area (Å²) in [6.07, 6.45) is 7.82. The summed E-state index contributed by atoms with van der Waals surface area (Å²) >= 11 is 8.30. The number of tetrazole rings is 1. The highest BCUT2D eigenvalue weighted by Crippen LogP contribution is 2.35. The lowest BCUT2D eigenvalue weighted by atomic mass is 10.0. The number of ether oxygens (including phenoxy) is 1. The molecule has 0 amide bonds. The molecule has 3 aromatic carbocycles. The smallest absolute Gasteiger partial charge is 0.138 e. The molecule has 0 spiro atoms. The Balaban J connectivity index is 1.14. The lowest BCUT2D eigenvalue weighted by Gasteiger charge is -2.13. The van der Waals surface area contributed by atoms with Gasteiger partial charge in [-0.25, -0.2) is 4.68 Å². The van der Waals surface area contributed by atoms with E-state index in [0.29, 0.717) is 13.2 Å². The van der Waals surface area contributed by atoms with Crippen molar-refractivity contribution >= 4 is 34.3 Å². The van der Waals surface area contributed by atoms with E-state index in [2.05, 4.69) is 88.2 Å². The van der Waals surface area contributed by atoms with Crippen molar-refractivity contribution in [2.45, 2.75) is 44.0 Å². The number of aryl methyl sites for hydroxylation is 1. The molecule has 2 heterocycles. The number of nitrogens with zero attached hydrogens (tertiary/aromatic N) is 4. The molecule has 0 radical (unpaired) electrons. The third-order valence-electron chi connectivity index (χ3n) is 6.29. The van der Waals surface area contributed by atoms with Gasteiger partial charge in [0.25, 0.3) is 0 Å². The van der Waals surface area contributed by atoms with Crippen molar-refractivity contribution in [3.8, 4) is 16.9 Å². The molecule has 8 heteroatoms. The van der Waals surface area contributed by atoms with Gasteiger partial charge in [0, 0.05) is 27.6 Å². The first-order chi connectivity index (χ1) is 18.2. The van der Waals surface area contributed by atoms with Gasteiger partial charge in [0.05, 0.1) is 23.7 Å². The highest BCUT2D eigenvalue weighted by molar-refractivity contribution is 7.99. The zero-order chi connectivity index (χ0) is 25.5. The van der Waals surface area contributed by atoms with Crippen LogP contribution < -0.4 is 4.74 Å². The Bertz CT molecular complexity index is 1440. The van der Waals surface area contributed by atoms with Gasteiger partial charge in [0.2, 0.25) is 0 Å². The number of unbranched alkanes of at least 4 members (excludes halogenated alkanes) is 1. The van der Waals surface area contributed by atoms with E-state index in [9.17, 15) is 0 Å². The predicted molar refractivity (Wildman–Crippen MR) is 152 cm³/mol. The Morgan fingerprint density at radius 1 is 1.05 bits per heavy atom. The first-order valence-corrected chi connectivity index (χ1v) is 14.0. The minimum atomic E-state index is 0.608. The normalized spacial score (nSPS) is 11.3. The molecule has 0 atom stereocenters. The summed E-state index contributed by atoms with van der Waals surface area (Å²) in [5.74, 6) is 1.98. The van der Waals surface area contributed by atoms with E-state index >= 15 is 0 Å². The second-order valence-electron chi connectivity index (χ2n) is 8.96. The van der Waals surface area contributed by atoms with E-state index < -0.39 is 0 Å². The number of aromatic nitrogens is 5. The van der Waals surface area contributed by atoms with Crippen LogP contribution in [0.2, 0.25) is 5.02 Å². The minimum absolute atomic E-state index is 0.608. The molecule has 0 unspecified atom stereocenters. The molecule has 2 aromatic heterocycles. The molecule has 190 valence electrons. The van der Waals surface area contributed by atoms with E-state index in [-0.39, 0.29) is 0 Å². The molecule has 0 bridgehead atoms. The van der Waals surface area contributed by atoms with Gasteiger partial charge in [0.15, 0.2) is 0 Å². The minimum Gasteiger partial charge on any atom is -0.493 e. The number of nitrogens with one attached hydrogen (secondary N) is 1. The molecule has 0 aliphatic rings. The molecule has 0 aliphatic carbocycles. The average molecular weight is 532 g/mol. The molecule has 37 heavy (non-hydrogen) atoms. The highest BCUT2D eigenvalue weighted by Gasteiger charge is 2.14. The van der Waals surface area contributed by atoms with Crippen LogP contribution in [-0.4, -0.2) is 37.6 Å². The van der Waals surface area contributed by atoms with Crippen molar-refractivity contribution < 1.29 is 4.74 Å². The lowest BCUT2D eigenvalue weighted by Crippen LogP contribution is -2.02. The molecular weight excluding hydrogens is 502 g/mol. The fourth-order valence-electron chi connectivity index (χ4n) is 4.50. The summed E-state index contributed by atoms with van der Waals surface area (Å²) in [7, 11) is 0. The second kappa shape index (κ2) is 12.3. The van der Waals surface area contributed by atoms with Gasteiger partial charge in [-0.1, -0.05) is 61.3 Å². The average Bonchev–Trinajstić information content (AvgIpc) is 3.59. The monoisotopic (exact) mass is 531 g/mol. The topological polar surface area (TPSA) is 68.6 Å². The molecule has 5 aromatic rings. The molecule has 0 saturated carbocycles. The Labute approximate surface area is 226 Å². The summed E-state index contributed by atoms with van der Waals surface area (Å²) in [6, 6.07) is 21.0. The zero-order valence-electron chi connectivity index (χ0n) is 20.9. The second-order valence-corrected chi connectivity index (χ2v) is 10.5. The summed E-state index contributed by atoms with van der Waals surface area (Å²) in [5, 5.41) is 13.3. The van der Waals surface area contributed by atoms with Crippen LogP contribution in [0.1, 0.15) is 37.3 Å². The van der Waals surface area contributed by atoms with Crippen LogP contribution in [0.5, 0.6) is 5.75 Å². The van der Waals surface area contributed by atoms with Gasteiger partial charge in [0.1, 0.15) is 12.1 Å². The van der Waals surface area contributed by atoms with Gasteiger partial charge >= 0.3 is 0 Å². The molecule has 0 saturated heterocycles. The molecule has 6 nitrogen and oxygen atoms in total. The van der Waals surface area contributed by atoms with Crippen LogP contribution in [0.3, 0.4) is 0 Å². The van der Waals surface area contributed by atoms with Crippen LogP contribution in [0.15, 0.2) is 78.1 Å². The third-order valence-corrected chi connectivity index (χ3v) is 7.88. The van der Waals surface area contributed by atoms with E-state index in [1.807, 2.05) is 6.07 Å². The Morgan fingerprint density at radius 3 is 2.73 bits per heavy atom. The number of thioether (sulfide) groups is 1. The summed E-state index contributed by atoms with van der Waals surface area (Å²) in [4.78, 5) is 4.62. The first kappa shape index (κ1) is 25.4. The van der Waals surface area contributed by atoms with E-state index in [0.717, 1.165) is 52.7 Å². The van der Waals surface area contributed by atoms with E-state index in [1.165, 1.54) is 27.6 Å². The first-order valence-electron chi connectivity index (χ1n) is 12.7. The van der Waals surface area contributed by atoms with Crippen molar-refractivity contribution in [1.29, 1.82) is 0 Å². The summed E-state index contributed by atoms with van der Waals surface area (Å²) in [5.41, 5.74) is 5.99. The van der Waals surface area contributed by atoms with Crippen molar-refractivity contribution in [2.75, 3.05) is 12.4 Å². The number of H-pyrrole nitrogens is 1. The molecule has 0 aliphatic heterocycles. The Hall–Kier alpha value is -3.29. The molecule has 0 fully saturated rings. The summed E-state index contributed by atoms with van der Waals surface area (Å²) < 4.78 is 7.96. The quantitative estimate of drug-likeness (QED) is 0.134. The van der Waals surface area contributed by atoms with Crippen LogP contribution in [0.4, 0.5) is 0 Å². The maximum Gasteiger partial charge on any atom is 0.138 e. The number of halogens is 1. The molecular formula is C29H30ClN5OS. The Morgan fingerprint density at radius 2 is 1.95 bits per heavy atom. The molecule has 1 N–H and O–H groups in total. The fraction of sp³-hybridized carbons (Fsp3) is 0.276. The zero-order valence-corrected chi connectivity index (χ0v) is 22.4. The number of fused-ring (bicyclic) bond motifs is 1. The van der Waals surface area contributed by atoms with Crippen LogP contribution in [0, 0.1) is 0 Å². The molecule has 5 rings (SSSR count). The van der Waals surface area contributed by atoms with E-state index in [1.54, 1.807) is 22.8 Å². The number of benzene rings is 3. The number of hydrogen-bond acceptors (Lipinski definition) is 5. The fourth-order valence-corrected chi connectivity index (χ4v) is 5.79. The van der Waals surface area contributed by atoms with E-state index in [4.69, 9.17) is 16.3 Å². The number of aromatic amines is 1. The van der Waals surface area contributed by atoms with Crippen LogP contribution in [0.25, 0.3) is 22.0 Å². The van der Waals surface area contributed by atoms with Gasteiger partial charge in [-0.2, -0.15) is 0 Å². The SMILES string of the molecule is CCCc1c(OCCCCSc2ccc(Cn3cnnn3)cc2Cl)ccc2c(-c3ccccc3)c[nH]c12. The van der Waals surface area contributed by atoms with Gasteiger partial charge < -0.3 is 9.72 Å². The number of rotatable bonds is 12. The third kappa shape index (κ3) is 6.17. The van der Waals surface area contributed by atoms with Gasteiger partial charge in [-0.05, 0) is 70.8 Å². The van der Waals surface area contributed by atoms with Crippen molar-refractivity contribution in [3.63, 3.8) is 0 Å². The Kier molecular flexibility index (Phi) is 8.43. The van der Waals surface area contributed by atoms with Gasteiger partial charge in [-0.15, -0.1) is 16.9 Å². The highest BCUT2D eigenvalue weighted by atomic mass is 35.5. The standard InChI is InChI=1S/C29H30ClN5OS/c1-2-8-24-27(13-12-23-25(18-31-29(23)24)22-9-4-3-5-10-22)36-15-6-7-16-37-28-14-11-21(17-26(28)30)19-35-20-32-33-34-35/h3-5,9-14,17-18,20,31H,2,6-8,15-16,19H2,1H3. The lowest BCUT2D eigenvalue weighted by molar-refractivity contribution is 0.307. The van der Waals surface area contributed by atoms with Crippen molar-refractivity contribution in [3.05, 3.63) is 89.3 Å². The van der Waals surface area contributed by atoms with Crippen LogP contribution >= 0.6 is 23.4 Å².